The molecule has 0 atom stereocenters. The van der Waals surface area contributed by atoms with Crippen molar-refractivity contribution in [2.75, 3.05) is 31.1 Å². The third-order valence-electron chi connectivity index (χ3n) is 5.10. The number of para-hydroxylation sites is 2. The van der Waals surface area contributed by atoms with Gasteiger partial charge in [0.05, 0.1) is 22.2 Å². The van der Waals surface area contributed by atoms with Crippen LogP contribution in [0.15, 0.2) is 59.5 Å². The summed E-state index contributed by atoms with van der Waals surface area (Å²) in [5.41, 5.74) is 1.94. The fraction of sp³-hybridized carbons (Fsp3) is 0.250. The minimum Gasteiger partial charge on any atom is -0.368 e. The number of amides is 1. The molecule has 9 heteroatoms. The Morgan fingerprint density at radius 2 is 1.72 bits per heavy atom. The summed E-state index contributed by atoms with van der Waals surface area (Å²) in [5.74, 6) is -0.119. The molecule has 1 saturated heterocycles. The number of nitrogens with zero attached hydrogens (tertiary/aromatic N) is 5. The second-order valence-corrected chi connectivity index (χ2v) is 6.81. The van der Waals surface area contributed by atoms with Crippen LogP contribution in [0.5, 0.6) is 0 Å². The lowest BCUT2D eigenvalue weighted by atomic mass is 10.2. The number of piperazine rings is 1. The molecule has 0 radical (unpaired) electrons. The molecule has 1 aromatic heterocycles. The molecule has 0 aliphatic carbocycles. The van der Waals surface area contributed by atoms with E-state index in [0.717, 1.165) is 5.69 Å². The van der Waals surface area contributed by atoms with E-state index in [1.807, 2.05) is 12.1 Å². The van der Waals surface area contributed by atoms with Crippen LogP contribution in [0, 0.1) is 10.1 Å². The van der Waals surface area contributed by atoms with Gasteiger partial charge < -0.3 is 9.80 Å². The Hall–Kier alpha value is -3.75. The summed E-state index contributed by atoms with van der Waals surface area (Å²) in [6.45, 7) is 2.26. The van der Waals surface area contributed by atoms with Crippen LogP contribution in [0.3, 0.4) is 0 Å². The van der Waals surface area contributed by atoms with Crippen molar-refractivity contribution in [1.29, 1.82) is 0 Å². The highest BCUT2D eigenvalue weighted by Crippen LogP contribution is 2.20. The molecule has 1 amide bonds. The van der Waals surface area contributed by atoms with Gasteiger partial charge in [-0.15, -0.1) is 0 Å². The molecule has 0 N–H and O–H groups in total. The van der Waals surface area contributed by atoms with Crippen LogP contribution < -0.4 is 10.5 Å². The van der Waals surface area contributed by atoms with Gasteiger partial charge in [0.25, 0.3) is 11.2 Å². The van der Waals surface area contributed by atoms with Gasteiger partial charge in [-0.3, -0.25) is 24.3 Å². The number of rotatable bonds is 4. The number of hydrogen-bond acceptors (Lipinski definition) is 6. The van der Waals surface area contributed by atoms with Crippen LogP contribution in [0.2, 0.25) is 0 Å². The van der Waals surface area contributed by atoms with E-state index < -0.39 is 4.92 Å². The maximum Gasteiger partial charge on any atom is 0.269 e. The second-order valence-electron chi connectivity index (χ2n) is 6.81. The quantitative estimate of drug-likeness (QED) is 0.493. The van der Waals surface area contributed by atoms with E-state index in [2.05, 4.69) is 9.88 Å². The molecule has 1 fully saturated rings. The monoisotopic (exact) mass is 393 g/mol. The number of carbonyl (C=O) groups excluding carboxylic acids is 1. The van der Waals surface area contributed by atoms with Crippen LogP contribution in [-0.4, -0.2) is 51.5 Å². The number of non-ortho nitro benzene ring substituents is 1. The maximum absolute atomic E-state index is 12.8. The van der Waals surface area contributed by atoms with Crippen molar-refractivity contribution in [3.63, 3.8) is 0 Å². The molecule has 1 aliphatic heterocycles. The SMILES string of the molecule is O=C(Cn1c(=O)cnc2ccccc21)N1CCN(c2ccc([N+](=O)[O-])cc2)CC1. The van der Waals surface area contributed by atoms with Crippen LogP contribution in [0.25, 0.3) is 11.0 Å². The minimum atomic E-state index is -0.425. The lowest BCUT2D eigenvalue weighted by molar-refractivity contribution is -0.384. The Labute approximate surface area is 165 Å². The fourth-order valence-corrected chi connectivity index (χ4v) is 3.51. The average molecular weight is 393 g/mol. The summed E-state index contributed by atoms with van der Waals surface area (Å²) in [6.07, 6.45) is 1.24. The van der Waals surface area contributed by atoms with Gasteiger partial charge in [-0.05, 0) is 24.3 Å². The molecule has 0 saturated carbocycles. The normalized spacial score (nSPS) is 14.2. The second kappa shape index (κ2) is 7.70. The smallest absolute Gasteiger partial charge is 0.269 e. The molecule has 148 valence electrons. The van der Waals surface area contributed by atoms with E-state index >= 15 is 0 Å². The van der Waals surface area contributed by atoms with Crippen LogP contribution >= 0.6 is 0 Å². The van der Waals surface area contributed by atoms with Gasteiger partial charge in [0.15, 0.2) is 0 Å². The molecule has 3 aromatic rings. The average Bonchev–Trinajstić information content (AvgIpc) is 2.76. The van der Waals surface area contributed by atoms with Gasteiger partial charge in [0.2, 0.25) is 5.91 Å². The van der Waals surface area contributed by atoms with Crippen molar-refractivity contribution in [1.82, 2.24) is 14.5 Å². The number of anilines is 1. The van der Waals surface area contributed by atoms with Crippen molar-refractivity contribution in [3.8, 4) is 0 Å². The highest BCUT2D eigenvalue weighted by molar-refractivity contribution is 5.80. The van der Waals surface area contributed by atoms with Gasteiger partial charge in [-0.2, -0.15) is 0 Å². The van der Waals surface area contributed by atoms with Gasteiger partial charge in [0, 0.05) is 44.0 Å². The van der Waals surface area contributed by atoms with Crippen molar-refractivity contribution < 1.29 is 9.72 Å². The van der Waals surface area contributed by atoms with Crippen molar-refractivity contribution in [2.45, 2.75) is 6.54 Å². The number of carbonyl (C=O) groups is 1. The van der Waals surface area contributed by atoms with Crippen LogP contribution in [0.4, 0.5) is 11.4 Å². The molecule has 2 aromatic carbocycles. The zero-order chi connectivity index (χ0) is 20.4. The summed E-state index contributed by atoms with van der Waals surface area (Å²) in [5, 5.41) is 10.8. The molecule has 0 unspecified atom stereocenters. The number of benzene rings is 2. The summed E-state index contributed by atoms with van der Waals surface area (Å²) in [6, 6.07) is 13.6. The maximum atomic E-state index is 12.8. The first-order valence-electron chi connectivity index (χ1n) is 9.25. The lowest BCUT2D eigenvalue weighted by Gasteiger charge is -2.36. The standard InChI is InChI=1S/C20H19N5O4/c26-19-13-21-17-3-1-2-4-18(17)24(19)14-20(27)23-11-9-22(10-12-23)15-5-7-16(8-6-15)25(28)29/h1-8,13H,9-12,14H2. The van der Waals surface area contributed by atoms with Crippen molar-refractivity contribution >= 4 is 28.3 Å². The zero-order valence-electron chi connectivity index (χ0n) is 15.6. The molecule has 2 heterocycles. The number of hydrogen-bond donors (Lipinski definition) is 0. The largest absolute Gasteiger partial charge is 0.368 e. The van der Waals surface area contributed by atoms with Gasteiger partial charge >= 0.3 is 0 Å². The summed E-state index contributed by atoms with van der Waals surface area (Å²) >= 11 is 0. The molecule has 0 spiro atoms. The van der Waals surface area contributed by atoms with Crippen LogP contribution in [0.1, 0.15) is 0 Å². The molecule has 29 heavy (non-hydrogen) atoms. The summed E-state index contributed by atoms with van der Waals surface area (Å²) < 4.78 is 1.45. The first kappa shape index (κ1) is 18.6. The molecule has 0 bridgehead atoms. The number of aromatic nitrogens is 2. The van der Waals surface area contributed by atoms with Gasteiger partial charge in [0.1, 0.15) is 6.54 Å². The Kier molecular flexibility index (Phi) is 4.94. The third-order valence-corrected chi connectivity index (χ3v) is 5.10. The van der Waals surface area contributed by atoms with Crippen LogP contribution in [-0.2, 0) is 11.3 Å². The molecular weight excluding hydrogens is 374 g/mol. The number of nitro benzene ring substituents is 1. The lowest BCUT2D eigenvalue weighted by Crippen LogP contribution is -2.50. The number of nitro groups is 1. The topological polar surface area (TPSA) is 102 Å². The Morgan fingerprint density at radius 1 is 1.03 bits per heavy atom. The van der Waals surface area contributed by atoms with E-state index in [0.29, 0.717) is 37.2 Å². The van der Waals surface area contributed by atoms with E-state index in [1.54, 1.807) is 29.2 Å². The van der Waals surface area contributed by atoms with E-state index in [4.69, 9.17) is 0 Å². The molecule has 4 rings (SSSR count). The Bertz CT molecular complexity index is 1120. The third kappa shape index (κ3) is 3.79. The first-order valence-corrected chi connectivity index (χ1v) is 9.25. The van der Waals surface area contributed by atoms with E-state index in [9.17, 15) is 19.7 Å². The van der Waals surface area contributed by atoms with Crippen molar-refractivity contribution in [2.24, 2.45) is 0 Å². The first-order chi connectivity index (χ1) is 14.0. The van der Waals surface area contributed by atoms with E-state index in [1.165, 1.54) is 22.9 Å². The molecular formula is C20H19N5O4. The highest BCUT2D eigenvalue weighted by atomic mass is 16.6. The molecule has 1 aliphatic rings. The number of fused-ring (bicyclic) bond motifs is 1. The Balaban J connectivity index is 1.43. The predicted octanol–water partition coefficient (Wildman–Crippen LogP) is 1.65. The molecule has 9 nitrogen and oxygen atoms in total. The summed E-state index contributed by atoms with van der Waals surface area (Å²) in [4.78, 5) is 43.3. The summed E-state index contributed by atoms with van der Waals surface area (Å²) in [7, 11) is 0. The van der Waals surface area contributed by atoms with Crippen molar-refractivity contribution in [3.05, 3.63) is 75.2 Å². The van der Waals surface area contributed by atoms with Gasteiger partial charge in [-0.1, -0.05) is 12.1 Å². The van der Waals surface area contributed by atoms with Gasteiger partial charge in [-0.25, -0.2) is 4.98 Å². The fourth-order valence-electron chi connectivity index (χ4n) is 3.51. The zero-order valence-corrected chi connectivity index (χ0v) is 15.6. The minimum absolute atomic E-state index is 0.0284. The predicted molar refractivity (Wildman–Crippen MR) is 108 cm³/mol. The Morgan fingerprint density at radius 3 is 2.41 bits per heavy atom. The van der Waals surface area contributed by atoms with E-state index in [-0.39, 0.29) is 23.7 Å². The highest BCUT2D eigenvalue weighted by Gasteiger charge is 2.22.